The molecule has 0 N–H and O–H groups in total. The molecule has 0 radical (unpaired) electrons. The van der Waals surface area contributed by atoms with Crippen LogP contribution >= 0.6 is 15.9 Å². The van der Waals surface area contributed by atoms with Crippen LogP contribution in [0.3, 0.4) is 0 Å². The van der Waals surface area contributed by atoms with Gasteiger partial charge in [-0.1, -0.05) is 18.2 Å². The van der Waals surface area contributed by atoms with Gasteiger partial charge in [0.05, 0.1) is 24.1 Å². The molecule has 96 valence electrons. The van der Waals surface area contributed by atoms with E-state index in [0.29, 0.717) is 11.0 Å². The molecule has 2 heterocycles. The summed E-state index contributed by atoms with van der Waals surface area (Å²) in [5.41, 5.74) is 1.80. The first-order valence-electron chi connectivity index (χ1n) is 5.77. The van der Waals surface area contributed by atoms with E-state index >= 15 is 0 Å². The molecule has 6 heteroatoms. The maximum atomic E-state index is 12.0. The van der Waals surface area contributed by atoms with Crippen molar-refractivity contribution in [3.05, 3.63) is 57.3 Å². The van der Waals surface area contributed by atoms with E-state index in [0.717, 1.165) is 16.6 Å². The molecule has 0 aliphatic rings. The molecular weight excluding hydrogens is 308 g/mol. The zero-order valence-corrected chi connectivity index (χ0v) is 11.8. The molecule has 0 atom stereocenters. The molecule has 2 aromatic heterocycles. The van der Waals surface area contributed by atoms with Gasteiger partial charge in [-0.05, 0) is 22.0 Å². The second-order valence-electron chi connectivity index (χ2n) is 4.26. The van der Waals surface area contributed by atoms with Gasteiger partial charge in [-0.2, -0.15) is 5.10 Å². The highest BCUT2D eigenvalue weighted by molar-refractivity contribution is 9.10. The molecule has 0 bridgehead atoms. The van der Waals surface area contributed by atoms with Crippen LogP contribution in [0.5, 0.6) is 0 Å². The summed E-state index contributed by atoms with van der Waals surface area (Å²) in [5.74, 6) is 0. The number of hydrogen-bond acceptors (Lipinski definition) is 3. The number of benzene rings is 1. The van der Waals surface area contributed by atoms with E-state index in [9.17, 15) is 4.79 Å². The highest BCUT2D eigenvalue weighted by Crippen LogP contribution is 2.17. The van der Waals surface area contributed by atoms with E-state index in [1.54, 1.807) is 4.57 Å². The minimum absolute atomic E-state index is 0.107. The summed E-state index contributed by atoms with van der Waals surface area (Å²) in [6.07, 6.45) is 3.02. The minimum Gasteiger partial charge on any atom is -0.292 e. The van der Waals surface area contributed by atoms with Crippen LogP contribution in [0, 0.1) is 0 Å². The van der Waals surface area contributed by atoms with Gasteiger partial charge in [0, 0.05) is 18.6 Å². The van der Waals surface area contributed by atoms with E-state index < -0.39 is 0 Å². The lowest BCUT2D eigenvalue weighted by atomic mass is 10.2. The van der Waals surface area contributed by atoms with Crippen molar-refractivity contribution in [1.29, 1.82) is 0 Å². The number of para-hydroxylation sites is 1. The van der Waals surface area contributed by atoms with E-state index in [-0.39, 0.29) is 5.56 Å². The number of aromatic nitrogens is 4. The van der Waals surface area contributed by atoms with Gasteiger partial charge in [0.15, 0.2) is 0 Å². The zero-order valence-electron chi connectivity index (χ0n) is 10.2. The molecule has 0 unspecified atom stereocenters. The summed E-state index contributed by atoms with van der Waals surface area (Å²) in [4.78, 5) is 16.0. The average Bonchev–Trinajstić information content (AvgIpc) is 2.73. The van der Waals surface area contributed by atoms with Gasteiger partial charge in [-0.15, -0.1) is 0 Å². The van der Waals surface area contributed by atoms with Crippen molar-refractivity contribution in [3.63, 3.8) is 0 Å². The number of aryl methyl sites for hydroxylation is 1. The van der Waals surface area contributed by atoms with E-state index in [1.165, 1.54) is 12.5 Å². The monoisotopic (exact) mass is 318 g/mol. The van der Waals surface area contributed by atoms with Crippen molar-refractivity contribution in [2.24, 2.45) is 7.05 Å². The lowest BCUT2D eigenvalue weighted by Gasteiger charge is -2.02. The van der Waals surface area contributed by atoms with Gasteiger partial charge >= 0.3 is 0 Å². The molecule has 19 heavy (non-hydrogen) atoms. The molecule has 0 fully saturated rings. The third-order valence-electron chi connectivity index (χ3n) is 3.01. The Bertz CT molecular complexity index is 806. The highest BCUT2D eigenvalue weighted by Gasteiger charge is 2.10. The highest BCUT2D eigenvalue weighted by atomic mass is 79.9. The maximum Gasteiger partial charge on any atom is 0.267 e. The second kappa shape index (κ2) is 4.62. The molecular formula is C13H11BrN4O. The molecule has 0 amide bonds. The van der Waals surface area contributed by atoms with Crippen LogP contribution in [0.2, 0.25) is 0 Å². The van der Waals surface area contributed by atoms with Crippen LogP contribution in [0.4, 0.5) is 0 Å². The molecule has 0 spiro atoms. The largest absolute Gasteiger partial charge is 0.292 e. The van der Waals surface area contributed by atoms with Gasteiger partial charge in [-0.25, -0.2) is 4.98 Å². The normalized spacial score (nSPS) is 11.1. The van der Waals surface area contributed by atoms with Crippen molar-refractivity contribution in [1.82, 2.24) is 19.3 Å². The summed E-state index contributed by atoms with van der Waals surface area (Å²) in [6.45, 7) is 0.409. The van der Waals surface area contributed by atoms with Crippen LogP contribution in [-0.4, -0.2) is 19.3 Å². The van der Waals surface area contributed by atoms with Crippen molar-refractivity contribution in [2.45, 2.75) is 6.54 Å². The number of rotatable bonds is 2. The predicted octanol–water partition coefficient (Wildman–Crippen LogP) is 1.94. The Kier molecular flexibility index (Phi) is 2.94. The van der Waals surface area contributed by atoms with E-state index in [1.807, 2.05) is 36.0 Å². The molecule has 0 aliphatic heterocycles. The smallest absolute Gasteiger partial charge is 0.267 e. The fourth-order valence-electron chi connectivity index (χ4n) is 2.10. The fourth-order valence-corrected chi connectivity index (χ4v) is 2.45. The maximum absolute atomic E-state index is 12.0. The molecule has 0 saturated carbocycles. The Morgan fingerprint density at radius 2 is 2.11 bits per heavy atom. The Morgan fingerprint density at radius 1 is 1.32 bits per heavy atom. The average molecular weight is 319 g/mol. The number of fused-ring (bicyclic) bond motifs is 1. The fraction of sp³-hybridized carbons (Fsp3) is 0.154. The van der Waals surface area contributed by atoms with Crippen molar-refractivity contribution < 1.29 is 0 Å². The van der Waals surface area contributed by atoms with Crippen molar-refractivity contribution in [3.8, 4) is 0 Å². The van der Waals surface area contributed by atoms with Gasteiger partial charge < -0.3 is 0 Å². The minimum atomic E-state index is -0.107. The SMILES string of the molecule is Cn1nc(Cn2cncc(Br)c2=O)c2ccccc21. The van der Waals surface area contributed by atoms with Crippen LogP contribution in [0.15, 0.2) is 46.1 Å². The Hall–Kier alpha value is -1.95. The summed E-state index contributed by atoms with van der Waals surface area (Å²) in [6, 6.07) is 7.96. The van der Waals surface area contributed by atoms with Crippen LogP contribution < -0.4 is 5.56 Å². The van der Waals surface area contributed by atoms with Crippen molar-refractivity contribution >= 4 is 26.8 Å². The summed E-state index contributed by atoms with van der Waals surface area (Å²) < 4.78 is 3.82. The lowest BCUT2D eigenvalue weighted by molar-refractivity contribution is 0.686. The van der Waals surface area contributed by atoms with Gasteiger partial charge in [-0.3, -0.25) is 14.0 Å². The van der Waals surface area contributed by atoms with Crippen LogP contribution in [0.1, 0.15) is 5.69 Å². The second-order valence-corrected chi connectivity index (χ2v) is 5.12. The first-order chi connectivity index (χ1) is 9.16. The van der Waals surface area contributed by atoms with Gasteiger partial charge in [0.1, 0.15) is 4.47 Å². The summed E-state index contributed by atoms with van der Waals surface area (Å²) in [5, 5.41) is 5.52. The van der Waals surface area contributed by atoms with E-state index in [2.05, 4.69) is 26.0 Å². The first-order valence-corrected chi connectivity index (χ1v) is 6.56. The van der Waals surface area contributed by atoms with Crippen molar-refractivity contribution in [2.75, 3.05) is 0 Å². The molecule has 1 aromatic carbocycles. The Labute approximate surface area is 117 Å². The Morgan fingerprint density at radius 3 is 2.95 bits per heavy atom. The predicted molar refractivity (Wildman–Crippen MR) is 76.0 cm³/mol. The number of hydrogen-bond donors (Lipinski definition) is 0. The third kappa shape index (κ3) is 2.08. The standard InChI is InChI=1S/C13H11BrN4O/c1-17-12-5-3-2-4-9(12)11(16-17)7-18-8-15-6-10(14)13(18)19/h2-6,8H,7H2,1H3. The molecule has 0 aliphatic carbocycles. The van der Waals surface area contributed by atoms with Crippen LogP contribution in [0.25, 0.3) is 10.9 Å². The zero-order chi connectivity index (χ0) is 13.4. The van der Waals surface area contributed by atoms with Gasteiger partial charge in [0.2, 0.25) is 0 Å². The van der Waals surface area contributed by atoms with Gasteiger partial charge in [0.25, 0.3) is 5.56 Å². The molecule has 0 saturated heterocycles. The first kappa shape index (κ1) is 12.1. The number of nitrogens with zero attached hydrogens (tertiary/aromatic N) is 4. The number of halogens is 1. The summed E-state index contributed by atoms with van der Waals surface area (Å²) >= 11 is 3.19. The molecule has 3 aromatic rings. The third-order valence-corrected chi connectivity index (χ3v) is 3.56. The molecule has 3 rings (SSSR count). The summed E-state index contributed by atoms with van der Waals surface area (Å²) in [7, 11) is 1.90. The van der Waals surface area contributed by atoms with Crippen LogP contribution in [-0.2, 0) is 13.6 Å². The topological polar surface area (TPSA) is 52.7 Å². The Balaban J connectivity index is 2.11. The van der Waals surface area contributed by atoms with E-state index in [4.69, 9.17) is 0 Å². The lowest BCUT2D eigenvalue weighted by Crippen LogP contribution is -2.21. The molecule has 5 nitrogen and oxygen atoms in total. The quantitative estimate of drug-likeness (QED) is 0.725.